The van der Waals surface area contributed by atoms with E-state index in [1.807, 2.05) is 31.2 Å². The predicted molar refractivity (Wildman–Crippen MR) is 116 cm³/mol. The number of rotatable bonds is 6. The van der Waals surface area contributed by atoms with Crippen molar-refractivity contribution in [1.82, 2.24) is 30.7 Å². The number of benzene rings is 1. The van der Waals surface area contributed by atoms with Crippen LogP contribution in [0.5, 0.6) is 0 Å². The van der Waals surface area contributed by atoms with Crippen molar-refractivity contribution in [3.8, 4) is 11.4 Å². The number of alkyl halides is 3. The molecule has 0 radical (unpaired) electrons. The maximum Gasteiger partial charge on any atom is 0.401 e. The Morgan fingerprint density at radius 2 is 2.21 bits per heavy atom. The zero-order valence-electron chi connectivity index (χ0n) is 16.0. The number of guanidine groups is 1. The molecule has 1 aliphatic heterocycles. The highest BCUT2D eigenvalue weighted by atomic mass is 127. The second-order valence-electron chi connectivity index (χ2n) is 6.71. The van der Waals surface area contributed by atoms with Crippen molar-refractivity contribution in [3.63, 3.8) is 0 Å². The first-order chi connectivity index (χ1) is 13.4. The SMILES string of the molecule is CCNC(=NCc1cccc(-c2ncn[nH]2)c1)NC1CCN(CC(F)(F)F)C1.I. The van der Waals surface area contributed by atoms with E-state index >= 15 is 0 Å². The van der Waals surface area contributed by atoms with Crippen LogP contribution in [-0.4, -0.2) is 64.4 Å². The topological polar surface area (TPSA) is 81.2 Å². The molecule has 3 rings (SSSR count). The van der Waals surface area contributed by atoms with Crippen LogP contribution < -0.4 is 10.6 Å². The molecule has 0 amide bonds. The summed E-state index contributed by atoms with van der Waals surface area (Å²) in [5.41, 5.74) is 1.91. The molecule has 1 aromatic heterocycles. The molecule has 1 saturated heterocycles. The van der Waals surface area contributed by atoms with Crippen LogP contribution in [0.15, 0.2) is 35.6 Å². The molecule has 160 valence electrons. The van der Waals surface area contributed by atoms with Gasteiger partial charge in [-0.15, -0.1) is 24.0 Å². The van der Waals surface area contributed by atoms with E-state index in [0.29, 0.717) is 44.4 Å². The molecule has 0 bridgehead atoms. The molecule has 1 atom stereocenters. The summed E-state index contributed by atoms with van der Waals surface area (Å²) in [6.45, 7) is 2.97. The summed E-state index contributed by atoms with van der Waals surface area (Å²) in [6, 6.07) is 7.75. The highest BCUT2D eigenvalue weighted by Crippen LogP contribution is 2.20. The number of likely N-dealkylation sites (tertiary alicyclic amines) is 1. The first kappa shape index (κ1) is 23.4. The summed E-state index contributed by atoms with van der Waals surface area (Å²) in [6.07, 6.45) is -2.06. The first-order valence-electron chi connectivity index (χ1n) is 9.21. The van der Waals surface area contributed by atoms with Crippen LogP contribution in [0.4, 0.5) is 13.2 Å². The largest absolute Gasteiger partial charge is 0.401 e. The normalized spacial score (nSPS) is 17.8. The van der Waals surface area contributed by atoms with E-state index in [2.05, 4.69) is 30.8 Å². The molecule has 1 fully saturated rings. The van der Waals surface area contributed by atoms with Gasteiger partial charge in [0, 0.05) is 31.2 Å². The van der Waals surface area contributed by atoms with Crippen LogP contribution in [0.1, 0.15) is 18.9 Å². The Morgan fingerprint density at radius 1 is 1.38 bits per heavy atom. The van der Waals surface area contributed by atoms with Crippen LogP contribution in [0, 0.1) is 0 Å². The summed E-state index contributed by atoms with van der Waals surface area (Å²) >= 11 is 0. The highest BCUT2D eigenvalue weighted by molar-refractivity contribution is 14.0. The maximum atomic E-state index is 12.6. The van der Waals surface area contributed by atoms with E-state index in [-0.39, 0.29) is 30.0 Å². The lowest BCUT2D eigenvalue weighted by molar-refractivity contribution is -0.143. The van der Waals surface area contributed by atoms with Gasteiger partial charge in [0.2, 0.25) is 0 Å². The zero-order chi connectivity index (χ0) is 20.0. The lowest BCUT2D eigenvalue weighted by atomic mass is 10.1. The van der Waals surface area contributed by atoms with Crippen molar-refractivity contribution < 1.29 is 13.2 Å². The van der Waals surface area contributed by atoms with Crippen molar-refractivity contribution in [2.75, 3.05) is 26.2 Å². The second kappa shape index (κ2) is 10.8. The molecule has 1 aliphatic rings. The summed E-state index contributed by atoms with van der Waals surface area (Å²) < 4.78 is 37.7. The Kier molecular flexibility index (Phi) is 8.68. The number of nitrogens with one attached hydrogen (secondary N) is 3. The minimum atomic E-state index is -4.16. The molecular weight excluding hydrogens is 498 g/mol. The highest BCUT2D eigenvalue weighted by Gasteiger charge is 2.34. The Balaban J connectivity index is 0.00000300. The Hall–Kier alpha value is -1.89. The van der Waals surface area contributed by atoms with Crippen molar-refractivity contribution in [2.45, 2.75) is 32.1 Å². The number of halogens is 4. The number of hydrogen-bond donors (Lipinski definition) is 3. The minimum absolute atomic E-state index is 0. The van der Waals surface area contributed by atoms with E-state index in [1.165, 1.54) is 11.2 Å². The van der Waals surface area contributed by atoms with Gasteiger partial charge in [-0.25, -0.2) is 9.98 Å². The van der Waals surface area contributed by atoms with Crippen molar-refractivity contribution in [2.24, 2.45) is 4.99 Å². The number of H-pyrrole nitrogens is 1. The summed E-state index contributed by atoms with van der Waals surface area (Å²) in [7, 11) is 0. The van der Waals surface area contributed by atoms with Gasteiger partial charge >= 0.3 is 6.18 Å². The molecule has 1 aromatic carbocycles. The Labute approximate surface area is 184 Å². The predicted octanol–water partition coefficient (Wildman–Crippen LogP) is 2.78. The smallest absolute Gasteiger partial charge is 0.357 e. The van der Waals surface area contributed by atoms with E-state index in [0.717, 1.165) is 11.1 Å². The van der Waals surface area contributed by atoms with Gasteiger partial charge in [0.05, 0.1) is 13.1 Å². The van der Waals surface area contributed by atoms with Crippen LogP contribution in [0.3, 0.4) is 0 Å². The number of aliphatic imine (C=N–C) groups is 1. The average molecular weight is 523 g/mol. The first-order valence-corrected chi connectivity index (χ1v) is 9.21. The molecule has 29 heavy (non-hydrogen) atoms. The third-order valence-corrected chi connectivity index (χ3v) is 4.40. The molecular formula is C18H25F3IN7. The lowest BCUT2D eigenvalue weighted by Crippen LogP contribution is -2.45. The molecule has 0 saturated carbocycles. The molecule has 3 N–H and O–H groups in total. The molecule has 2 aromatic rings. The van der Waals surface area contributed by atoms with Crippen molar-refractivity contribution >= 4 is 29.9 Å². The molecule has 0 spiro atoms. The fraction of sp³-hybridized carbons (Fsp3) is 0.500. The maximum absolute atomic E-state index is 12.6. The number of aromatic nitrogens is 3. The lowest BCUT2D eigenvalue weighted by Gasteiger charge is -2.19. The zero-order valence-corrected chi connectivity index (χ0v) is 18.4. The summed E-state index contributed by atoms with van der Waals surface area (Å²) in [4.78, 5) is 10.1. The third kappa shape index (κ3) is 7.46. The molecule has 7 nitrogen and oxygen atoms in total. The molecule has 1 unspecified atom stereocenters. The number of aromatic amines is 1. The van der Waals surface area contributed by atoms with Gasteiger partial charge in [0.15, 0.2) is 11.8 Å². The monoisotopic (exact) mass is 523 g/mol. The van der Waals surface area contributed by atoms with Gasteiger partial charge in [-0.05, 0) is 25.0 Å². The minimum Gasteiger partial charge on any atom is -0.357 e. The summed E-state index contributed by atoms with van der Waals surface area (Å²) in [5.74, 6) is 1.29. The van der Waals surface area contributed by atoms with Crippen LogP contribution in [0.2, 0.25) is 0 Å². The van der Waals surface area contributed by atoms with Gasteiger partial charge in [-0.1, -0.05) is 18.2 Å². The molecule has 0 aliphatic carbocycles. The van der Waals surface area contributed by atoms with Gasteiger partial charge in [0.25, 0.3) is 0 Å². The standard InChI is InChI=1S/C18H24F3N7.HI/c1-2-22-17(26-15-6-7-28(10-15)11-18(19,20)21)23-9-13-4-3-5-14(8-13)16-24-12-25-27-16;/h3-5,8,12,15H,2,6-7,9-11H2,1H3,(H2,22,23,26)(H,24,25,27);1H. The second-order valence-corrected chi connectivity index (χ2v) is 6.71. The fourth-order valence-corrected chi connectivity index (χ4v) is 3.19. The van der Waals surface area contributed by atoms with E-state index in [4.69, 9.17) is 0 Å². The number of hydrogen-bond acceptors (Lipinski definition) is 4. The van der Waals surface area contributed by atoms with Crippen LogP contribution in [-0.2, 0) is 6.54 Å². The van der Waals surface area contributed by atoms with E-state index in [1.54, 1.807) is 0 Å². The Bertz CT molecular complexity index is 780. The van der Waals surface area contributed by atoms with Gasteiger partial charge in [-0.2, -0.15) is 18.3 Å². The van der Waals surface area contributed by atoms with Gasteiger partial charge < -0.3 is 10.6 Å². The fourth-order valence-electron chi connectivity index (χ4n) is 3.19. The van der Waals surface area contributed by atoms with Gasteiger partial charge in [0.1, 0.15) is 6.33 Å². The third-order valence-electron chi connectivity index (χ3n) is 4.40. The van der Waals surface area contributed by atoms with E-state index in [9.17, 15) is 13.2 Å². The number of nitrogens with zero attached hydrogens (tertiary/aromatic N) is 4. The quantitative estimate of drug-likeness (QED) is 0.309. The average Bonchev–Trinajstić information content (AvgIpc) is 3.31. The Morgan fingerprint density at radius 3 is 2.90 bits per heavy atom. The van der Waals surface area contributed by atoms with Crippen LogP contribution in [0.25, 0.3) is 11.4 Å². The van der Waals surface area contributed by atoms with Crippen molar-refractivity contribution in [3.05, 3.63) is 36.2 Å². The van der Waals surface area contributed by atoms with E-state index < -0.39 is 12.7 Å². The van der Waals surface area contributed by atoms with Gasteiger partial charge in [-0.3, -0.25) is 10.00 Å². The molecule has 11 heteroatoms. The molecule has 2 heterocycles. The summed E-state index contributed by atoms with van der Waals surface area (Å²) in [5, 5.41) is 13.1. The van der Waals surface area contributed by atoms with Crippen molar-refractivity contribution in [1.29, 1.82) is 0 Å². The van der Waals surface area contributed by atoms with Crippen LogP contribution >= 0.6 is 24.0 Å².